The minimum Gasteiger partial charge on any atom is -0.474 e. The molecule has 30 heavy (non-hydrogen) atoms. The van der Waals surface area contributed by atoms with Gasteiger partial charge in [-0.05, 0) is 43.9 Å². The number of nitrogens with zero attached hydrogens (tertiary/aromatic N) is 3. The lowest BCUT2D eigenvalue weighted by atomic mass is 10.2. The van der Waals surface area contributed by atoms with Crippen molar-refractivity contribution < 1.29 is 13.5 Å². The first-order valence-corrected chi connectivity index (χ1v) is 9.98. The number of hydrogen-bond acceptors (Lipinski definition) is 5. The van der Waals surface area contributed by atoms with Crippen molar-refractivity contribution in [3.63, 3.8) is 0 Å². The van der Waals surface area contributed by atoms with E-state index < -0.39 is 17.2 Å². The third-order valence-electron chi connectivity index (χ3n) is 4.96. The van der Waals surface area contributed by atoms with E-state index in [2.05, 4.69) is 15.4 Å². The van der Waals surface area contributed by atoms with Crippen LogP contribution in [0.3, 0.4) is 0 Å². The van der Waals surface area contributed by atoms with Crippen LogP contribution in [0.4, 0.5) is 14.5 Å². The molecule has 1 N–H and O–H groups in total. The monoisotopic (exact) mass is 432 g/mol. The molecule has 0 amide bonds. The number of hydrogen-bond donors (Lipinski definition) is 1. The van der Waals surface area contributed by atoms with Crippen molar-refractivity contribution in [2.24, 2.45) is 0 Å². The van der Waals surface area contributed by atoms with Crippen molar-refractivity contribution >= 4 is 17.3 Å². The second kappa shape index (κ2) is 8.79. The molecule has 1 saturated carbocycles. The lowest BCUT2D eigenvalue weighted by molar-refractivity contribution is 0.199. The molecule has 1 aliphatic rings. The molecule has 9 heteroatoms. The van der Waals surface area contributed by atoms with Crippen LogP contribution in [0.25, 0.3) is 5.69 Å². The molecule has 1 aromatic carbocycles. The normalized spacial score (nSPS) is 14.1. The molecule has 2 aromatic heterocycles. The minimum atomic E-state index is -0.912. The van der Waals surface area contributed by atoms with E-state index in [0.717, 1.165) is 48.1 Å². The van der Waals surface area contributed by atoms with Gasteiger partial charge in [0.2, 0.25) is 5.88 Å². The predicted molar refractivity (Wildman–Crippen MR) is 109 cm³/mol. The fraction of sp³-hybridized carbons (Fsp3) is 0.286. The first-order chi connectivity index (χ1) is 14.5. The zero-order valence-electron chi connectivity index (χ0n) is 15.9. The number of rotatable bonds is 6. The van der Waals surface area contributed by atoms with E-state index in [0.29, 0.717) is 18.5 Å². The molecule has 3 aromatic rings. The van der Waals surface area contributed by atoms with E-state index in [4.69, 9.17) is 16.3 Å². The zero-order valence-corrected chi connectivity index (χ0v) is 16.7. The highest BCUT2D eigenvalue weighted by molar-refractivity contribution is 6.32. The molecular weight excluding hydrogens is 414 g/mol. The van der Waals surface area contributed by atoms with Gasteiger partial charge in [0.05, 0.1) is 11.9 Å². The first-order valence-electron chi connectivity index (χ1n) is 9.60. The van der Waals surface area contributed by atoms with Gasteiger partial charge in [-0.25, -0.2) is 13.8 Å². The third-order valence-corrected chi connectivity index (χ3v) is 5.32. The smallest absolute Gasteiger partial charge is 0.292 e. The van der Waals surface area contributed by atoms with E-state index in [1.54, 1.807) is 12.3 Å². The molecule has 2 heterocycles. The molecule has 1 fully saturated rings. The number of anilines is 1. The first kappa shape index (κ1) is 20.3. The largest absolute Gasteiger partial charge is 0.474 e. The SMILES string of the molecule is O=c1c(Cl)c(NCc2cccnc2OC2CCCC2)cnn1-c1ccc(F)cc1F. The van der Waals surface area contributed by atoms with Gasteiger partial charge >= 0.3 is 0 Å². The van der Waals surface area contributed by atoms with Crippen LogP contribution in [0.2, 0.25) is 5.02 Å². The van der Waals surface area contributed by atoms with E-state index >= 15 is 0 Å². The standard InChI is InChI=1S/C21H19ClF2N4O2/c22-19-17(12-27-28(21(19)29)18-8-7-14(23)10-16(18)24)26-11-13-4-3-9-25-20(13)30-15-5-1-2-6-15/h3-4,7-10,12,15,26H,1-2,5-6,11H2. The molecule has 156 valence electrons. The van der Waals surface area contributed by atoms with Crippen LogP contribution in [0, 0.1) is 11.6 Å². The third kappa shape index (κ3) is 4.28. The van der Waals surface area contributed by atoms with Crippen LogP contribution < -0.4 is 15.6 Å². The van der Waals surface area contributed by atoms with Gasteiger partial charge in [-0.1, -0.05) is 17.7 Å². The van der Waals surface area contributed by atoms with Gasteiger partial charge in [-0.2, -0.15) is 9.78 Å². The Hall–Kier alpha value is -3.00. The fourth-order valence-electron chi connectivity index (χ4n) is 3.40. The molecule has 6 nitrogen and oxygen atoms in total. The maximum Gasteiger partial charge on any atom is 0.292 e. The summed E-state index contributed by atoms with van der Waals surface area (Å²) in [5, 5.41) is 6.87. The summed E-state index contributed by atoms with van der Waals surface area (Å²) in [5.41, 5.74) is 0.195. The summed E-state index contributed by atoms with van der Waals surface area (Å²) in [7, 11) is 0. The Labute approximate surface area is 176 Å². The number of benzene rings is 1. The highest BCUT2D eigenvalue weighted by Crippen LogP contribution is 2.26. The topological polar surface area (TPSA) is 69.0 Å². The van der Waals surface area contributed by atoms with Crippen molar-refractivity contribution in [2.45, 2.75) is 38.3 Å². The lowest BCUT2D eigenvalue weighted by Crippen LogP contribution is -2.23. The maximum atomic E-state index is 14.0. The van der Waals surface area contributed by atoms with Gasteiger partial charge < -0.3 is 10.1 Å². The van der Waals surface area contributed by atoms with E-state index in [1.807, 2.05) is 6.07 Å². The van der Waals surface area contributed by atoms with Crippen LogP contribution in [0.1, 0.15) is 31.2 Å². The predicted octanol–water partition coefficient (Wildman–Crippen LogP) is 4.49. The molecule has 0 bridgehead atoms. The number of ether oxygens (including phenoxy) is 1. The van der Waals surface area contributed by atoms with Crippen molar-refractivity contribution in [3.8, 4) is 11.6 Å². The summed E-state index contributed by atoms with van der Waals surface area (Å²) < 4.78 is 33.9. The van der Waals surface area contributed by atoms with Crippen LogP contribution in [0.15, 0.2) is 47.5 Å². The Morgan fingerprint density at radius 3 is 2.80 bits per heavy atom. The Bertz CT molecular complexity index is 1120. The second-order valence-electron chi connectivity index (χ2n) is 7.03. The Balaban J connectivity index is 1.54. The van der Waals surface area contributed by atoms with E-state index in [1.165, 1.54) is 6.20 Å². The molecule has 0 unspecified atom stereocenters. The van der Waals surface area contributed by atoms with Crippen LogP contribution in [-0.4, -0.2) is 20.9 Å². The van der Waals surface area contributed by atoms with E-state index in [9.17, 15) is 13.6 Å². The number of aromatic nitrogens is 3. The lowest BCUT2D eigenvalue weighted by Gasteiger charge is -2.16. The summed E-state index contributed by atoms with van der Waals surface area (Å²) in [4.78, 5) is 16.9. The molecule has 1 aliphatic carbocycles. The summed E-state index contributed by atoms with van der Waals surface area (Å²) in [6, 6.07) is 6.53. The van der Waals surface area contributed by atoms with Crippen molar-refractivity contribution in [1.29, 1.82) is 0 Å². The average Bonchev–Trinajstić information content (AvgIpc) is 3.24. The maximum absolute atomic E-state index is 14.0. The quantitative estimate of drug-likeness (QED) is 0.621. The highest BCUT2D eigenvalue weighted by Gasteiger charge is 2.19. The number of halogens is 3. The summed E-state index contributed by atoms with van der Waals surface area (Å²) in [6.07, 6.45) is 7.48. The van der Waals surface area contributed by atoms with Crippen molar-refractivity contribution in [2.75, 3.05) is 5.32 Å². The Kier molecular flexibility index (Phi) is 5.94. The van der Waals surface area contributed by atoms with Crippen LogP contribution >= 0.6 is 11.6 Å². The molecule has 0 radical (unpaired) electrons. The Morgan fingerprint density at radius 2 is 2.03 bits per heavy atom. The van der Waals surface area contributed by atoms with Gasteiger partial charge in [0.15, 0.2) is 5.82 Å². The van der Waals surface area contributed by atoms with Gasteiger partial charge in [-0.3, -0.25) is 4.79 Å². The molecule has 0 saturated heterocycles. The number of nitrogens with one attached hydrogen (secondary N) is 1. The molecule has 0 spiro atoms. The number of pyridine rings is 1. The zero-order chi connectivity index (χ0) is 21.1. The van der Waals surface area contributed by atoms with Gasteiger partial charge in [-0.15, -0.1) is 0 Å². The highest BCUT2D eigenvalue weighted by atomic mass is 35.5. The van der Waals surface area contributed by atoms with Gasteiger partial charge in [0.1, 0.15) is 22.6 Å². The fourth-order valence-corrected chi connectivity index (χ4v) is 3.60. The average molecular weight is 433 g/mol. The van der Waals surface area contributed by atoms with Crippen molar-refractivity contribution in [1.82, 2.24) is 14.8 Å². The van der Waals surface area contributed by atoms with Gasteiger partial charge in [0, 0.05) is 24.4 Å². The molecule has 0 aliphatic heterocycles. The van der Waals surface area contributed by atoms with Crippen LogP contribution in [-0.2, 0) is 6.54 Å². The van der Waals surface area contributed by atoms with Crippen molar-refractivity contribution in [3.05, 3.63) is 75.3 Å². The van der Waals surface area contributed by atoms with E-state index in [-0.39, 0.29) is 22.5 Å². The summed E-state index contributed by atoms with van der Waals surface area (Å²) in [6.45, 7) is 0.311. The second-order valence-corrected chi connectivity index (χ2v) is 7.41. The summed E-state index contributed by atoms with van der Waals surface area (Å²) in [5.74, 6) is -1.12. The van der Waals surface area contributed by atoms with Crippen LogP contribution in [0.5, 0.6) is 5.88 Å². The Morgan fingerprint density at radius 1 is 1.23 bits per heavy atom. The van der Waals surface area contributed by atoms with Gasteiger partial charge in [0.25, 0.3) is 5.56 Å². The molecule has 0 atom stereocenters. The molecular formula is C21H19ClF2N4O2. The minimum absolute atomic E-state index is 0.157. The molecule has 4 rings (SSSR count). The summed E-state index contributed by atoms with van der Waals surface area (Å²) >= 11 is 6.20.